The molecule has 89 heavy (non-hydrogen) atoms. The van der Waals surface area contributed by atoms with E-state index in [0.717, 1.165) is 107 Å². The maximum absolute atomic E-state index is 13.8. The fraction of sp³-hybridized carbons (Fsp3) is 0.571. The average molecular weight is 1240 g/mol. The molecule has 6 aromatic carbocycles. The maximum atomic E-state index is 13.8. The Morgan fingerprint density at radius 2 is 0.955 bits per heavy atom. The SMILES string of the molecule is CC(C)C[C@@H](C)c1ccccc1.CC(C)C[C@H](C)c1ccccc1.CC(C)[C@@H]1CN(C)C[C@H]1c1ccccc1.CC(C)[C@@H]1C[C@H]1c1ccccc1.CC(C)[C@H](C)c1ccc(Cl)cc1.CO[C@H](C)CC(C)C.Cc1cccc(F)c1CN1CCC[C@@H](C(C)C)C1. The molecule has 9 atom stereocenters. The molecule has 3 nitrogen and oxygen atoms in total. The molecular formula is C84H128ClFN2O. The summed E-state index contributed by atoms with van der Waals surface area (Å²) >= 11 is 5.80. The van der Waals surface area contributed by atoms with Crippen LogP contribution in [0.4, 0.5) is 4.39 Å². The third kappa shape index (κ3) is 31.1. The number of rotatable bonds is 18. The second-order valence-corrected chi connectivity index (χ2v) is 29.8. The number of hydrogen-bond acceptors (Lipinski definition) is 3. The van der Waals surface area contributed by atoms with Crippen molar-refractivity contribution in [3.63, 3.8) is 0 Å². The summed E-state index contributed by atoms with van der Waals surface area (Å²) in [5.74, 6) is 11.5. The number of benzene rings is 6. The minimum absolute atomic E-state index is 0.0540. The van der Waals surface area contributed by atoms with Crippen molar-refractivity contribution in [3.8, 4) is 0 Å². The molecule has 3 aliphatic rings. The van der Waals surface area contributed by atoms with Gasteiger partial charge < -0.3 is 9.64 Å². The van der Waals surface area contributed by atoms with Crippen molar-refractivity contribution < 1.29 is 9.13 Å². The van der Waals surface area contributed by atoms with E-state index in [4.69, 9.17) is 16.3 Å². The number of likely N-dealkylation sites (tertiary alicyclic amines) is 2. The molecule has 0 amide bonds. The maximum Gasteiger partial charge on any atom is 0.127 e. The van der Waals surface area contributed by atoms with E-state index in [2.05, 4.69) is 275 Å². The molecule has 0 radical (unpaired) electrons. The first-order chi connectivity index (χ1) is 42.2. The molecule has 0 bridgehead atoms. The van der Waals surface area contributed by atoms with Crippen LogP contribution >= 0.6 is 11.6 Å². The van der Waals surface area contributed by atoms with Crippen LogP contribution < -0.4 is 0 Å². The van der Waals surface area contributed by atoms with Crippen molar-refractivity contribution in [2.45, 2.75) is 212 Å². The predicted molar refractivity (Wildman–Crippen MR) is 390 cm³/mol. The van der Waals surface area contributed by atoms with Gasteiger partial charge in [-0.1, -0.05) is 275 Å². The van der Waals surface area contributed by atoms with Crippen molar-refractivity contribution in [2.75, 3.05) is 40.3 Å². The van der Waals surface area contributed by atoms with Crippen LogP contribution in [0.3, 0.4) is 0 Å². The second-order valence-electron chi connectivity index (χ2n) is 29.4. The van der Waals surface area contributed by atoms with Crippen LogP contribution in [0, 0.1) is 71.9 Å². The normalized spacial score (nSPS) is 19.4. The molecule has 0 aromatic heterocycles. The summed E-state index contributed by atoms with van der Waals surface area (Å²) in [6, 6.07) is 56.8. The number of methoxy groups -OCH3 is 1. The second kappa shape index (κ2) is 42.5. The molecule has 0 spiro atoms. The summed E-state index contributed by atoms with van der Waals surface area (Å²) in [4.78, 5) is 4.88. The zero-order valence-corrected chi connectivity index (χ0v) is 60.9. The van der Waals surface area contributed by atoms with Gasteiger partial charge in [0.1, 0.15) is 5.82 Å². The Balaban J connectivity index is 0.000000275. The smallest absolute Gasteiger partial charge is 0.127 e. The van der Waals surface area contributed by atoms with Crippen molar-refractivity contribution in [1.82, 2.24) is 9.80 Å². The Labute approximate surface area is 552 Å². The lowest BCUT2D eigenvalue weighted by atomic mass is 9.82. The molecule has 6 aromatic rings. The van der Waals surface area contributed by atoms with E-state index in [1.165, 1.54) is 73.0 Å². The summed E-state index contributed by atoms with van der Waals surface area (Å²) in [5, 5.41) is 0.815. The number of ether oxygens (including phenoxy) is 1. The first-order valence-corrected chi connectivity index (χ1v) is 35.2. The van der Waals surface area contributed by atoms with Crippen LogP contribution in [-0.2, 0) is 11.3 Å². The zero-order valence-electron chi connectivity index (χ0n) is 60.2. The van der Waals surface area contributed by atoms with Gasteiger partial charge in [0, 0.05) is 49.8 Å². The van der Waals surface area contributed by atoms with Crippen LogP contribution in [0.15, 0.2) is 164 Å². The van der Waals surface area contributed by atoms with Gasteiger partial charge in [0.15, 0.2) is 0 Å². The van der Waals surface area contributed by atoms with Crippen LogP contribution in [-0.4, -0.2) is 56.2 Å². The van der Waals surface area contributed by atoms with Crippen molar-refractivity contribution in [1.29, 1.82) is 0 Å². The van der Waals surface area contributed by atoms with E-state index in [0.29, 0.717) is 29.8 Å². The van der Waals surface area contributed by atoms with Crippen LogP contribution in [0.5, 0.6) is 0 Å². The molecule has 2 heterocycles. The number of hydrogen-bond donors (Lipinski definition) is 0. The molecule has 0 N–H and O–H groups in total. The average Bonchev–Trinajstić information content (AvgIpc) is 2.70. The molecule has 3 fully saturated rings. The Kier molecular flexibility index (Phi) is 37.6. The van der Waals surface area contributed by atoms with Gasteiger partial charge in [0.25, 0.3) is 0 Å². The predicted octanol–water partition coefficient (Wildman–Crippen LogP) is 24.3. The number of halogens is 2. The summed E-state index contributed by atoms with van der Waals surface area (Å²) in [6.45, 7) is 48.3. The largest absolute Gasteiger partial charge is 0.382 e. The van der Waals surface area contributed by atoms with E-state index < -0.39 is 0 Å². The van der Waals surface area contributed by atoms with Gasteiger partial charge in [0.2, 0.25) is 0 Å². The zero-order chi connectivity index (χ0) is 66.2. The van der Waals surface area contributed by atoms with E-state index in [9.17, 15) is 4.39 Å². The third-order valence-electron chi connectivity index (χ3n) is 18.8. The van der Waals surface area contributed by atoms with Crippen molar-refractivity contribution in [2.24, 2.45) is 59.2 Å². The Hall–Kier alpha value is -4.58. The molecule has 1 saturated carbocycles. The quantitative estimate of drug-likeness (QED) is 0.0853. The summed E-state index contributed by atoms with van der Waals surface area (Å²) in [6.07, 6.45) is 8.13. The molecule has 0 unspecified atom stereocenters. The van der Waals surface area contributed by atoms with Gasteiger partial charge in [-0.15, -0.1) is 0 Å². The molecule has 2 aliphatic heterocycles. The standard InChI is InChI=1S/C16H24FN.C14H21N.C12H16.2C12H18.C11H15Cl.C7H16O/c1-12(2)14-7-5-9-18(10-14)11-15-13(3)6-4-8-16(15)17;1-11(2)13-9-15(3)10-14(13)12-7-5-4-6-8-12;1-9(2)11-8-12(11)10-6-4-3-5-7-10;2*1-10(2)9-11(3)12-7-5-4-6-8-12;1-8(2)9(3)10-4-6-11(12)7-5-10;1-6(2)5-7(3)8-4/h4,6,8,12,14H,5,7,9-11H2,1-3H3;4-8,11,13-14H,9-10H2,1-3H3;3-7,9,11-12H,8H2,1-2H3;2*4-8,10-11H,9H2,1-3H3;4-9H,1-3H3;6-7H,5H2,1-4H3/t14-;13-,14-;11-,12-;2*11-;9-;7-/m1001001/s1. The lowest BCUT2D eigenvalue weighted by Gasteiger charge is -2.35. The van der Waals surface area contributed by atoms with Gasteiger partial charge in [-0.05, 0) is 200 Å². The Morgan fingerprint density at radius 1 is 0.494 bits per heavy atom. The lowest BCUT2D eigenvalue weighted by molar-refractivity contribution is 0.0997. The summed E-state index contributed by atoms with van der Waals surface area (Å²) in [5.41, 5.74) is 9.30. The van der Waals surface area contributed by atoms with Crippen LogP contribution in [0.25, 0.3) is 0 Å². The first-order valence-electron chi connectivity index (χ1n) is 34.8. The summed E-state index contributed by atoms with van der Waals surface area (Å²) < 4.78 is 18.9. The molecule has 1 aliphatic carbocycles. The number of aryl methyl sites for hydroxylation is 1. The molecule has 2 saturated heterocycles. The first kappa shape index (κ1) is 78.7. The van der Waals surface area contributed by atoms with Gasteiger partial charge in [-0.25, -0.2) is 4.39 Å². The Morgan fingerprint density at radius 3 is 1.35 bits per heavy atom. The lowest BCUT2D eigenvalue weighted by Crippen LogP contribution is -2.37. The van der Waals surface area contributed by atoms with Crippen molar-refractivity contribution in [3.05, 3.63) is 214 Å². The number of likely N-dealkylation sites (N-methyl/N-ethyl adjacent to an activating group) is 1. The fourth-order valence-electron chi connectivity index (χ4n) is 12.8. The number of piperidine rings is 1. The highest BCUT2D eigenvalue weighted by Crippen LogP contribution is 2.51. The van der Waals surface area contributed by atoms with E-state index >= 15 is 0 Å². The van der Waals surface area contributed by atoms with Crippen molar-refractivity contribution >= 4 is 11.6 Å². The molecule has 9 rings (SSSR count). The van der Waals surface area contributed by atoms with Crippen LogP contribution in [0.2, 0.25) is 5.02 Å². The third-order valence-corrected chi connectivity index (χ3v) is 19.0. The molecule has 494 valence electrons. The minimum atomic E-state index is -0.0540. The minimum Gasteiger partial charge on any atom is -0.382 e. The van der Waals surface area contributed by atoms with E-state index in [-0.39, 0.29) is 5.82 Å². The van der Waals surface area contributed by atoms with E-state index in [1.807, 2.05) is 25.1 Å². The molecular weight excluding hydrogens is 1110 g/mol. The van der Waals surface area contributed by atoms with Gasteiger partial charge in [-0.3, -0.25) is 4.90 Å². The number of nitrogens with zero attached hydrogens (tertiary/aromatic N) is 2. The topological polar surface area (TPSA) is 15.7 Å². The van der Waals surface area contributed by atoms with Gasteiger partial charge in [0.05, 0.1) is 6.10 Å². The highest BCUT2D eigenvalue weighted by molar-refractivity contribution is 6.30. The fourth-order valence-corrected chi connectivity index (χ4v) is 13.0. The highest BCUT2D eigenvalue weighted by Gasteiger charge is 2.40. The van der Waals surface area contributed by atoms with E-state index in [1.54, 1.807) is 19.2 Å². The monoisotopic (exact) mass is 1230 g/mol. The van der Waals surface area contributed by atoms with Gasteiger partial charge >= 0.3 is 0 Å². The van der Waals surface area contributed by atoms with Gasteiger partial charge in [-0.2, -0.15) is 0 Å². The highest BCUT2D eigenvalue weighted by atomic mass is 35.5. The summed E-state index contributed by atoms with van der Waals surface area (Å²) in [7, 11) is 3.99. The Bertz CT molecular complexity index is 2570. The van der Waals surface area contributed by atoms with Crippen LogP contribution in [0.1, 0.15) is 232 Å². The molecule has 5 heteroatoms.